The van der Waals surface area contributed by atoms with Gasteiger partial charge in [-0.15, -0.1) is 0 Å². The van der Waals surface area contributed by atoms with Crippen molar-refractivity contribution in [3.63, 3.8) is 0 Å². The molecule has 3 aromatic carbocycles. The van der Waals surface area contributed by atoms with E-state index in [4.69, 9.17) is 4.99 Å². The Kier molecular flexibility index (Phi) is 7.09. The van der Waals surface area contributed by atoms with Crippen LogP contribution >= 0.6 is 0 Å². The zero-order valence-electron chi connectivity index (χ0n) is 20.6. The van der Waals surface area contributed by atoms with Gasteiger partial charge in [0.15, 0.2) is 5.43 Å². The molecule has 1 heterocycles. The van der Waals surface area contributed by atoms with E-state index in [-0.39, 0.29) is 22.3 Å². The number of rotatable bonds is 10. The topological polar surface area (TPSA) is 97.1 Å². The molecule has 182 valence electrons. The summed E-state index contributed by atoms with van der Waals surface area (Å²) in [5.74, 6) is -0.215. The van der Waals surface area contributed by atoms with Crippen LogP contribution in [-0.2, 0) is 6.54 Å². The zero-order valence-corrected chi connectivity index (χ0v) is 20.6. The minimum absolute atomic E-state index is 0.0974. The molecule has 8 nitrogen and oxygen atoms in total. The number of nitrogens with one attached hydrogen (secondary N) is 1. The maximum Gasteiger partial charge on any atom is 0.189 e. The first-order valence-corrected chi connectivity index (χ1v) is 12.3. The van der Waals surface area contributed by atoms with Gasteiger partial charge in [-0.05, 0) is 50.4 Å². The molecule has 0 fully saturated rings. The average molecular weight is 466 g/mol. The molecule has 0 unspecified atom stereocenters. The summed E-state index contributed by atoms with van der Waals surface area (Å²) < 4.78 is 2.03. The Morgan fingerprint density at radius 3 is 2.21 bits per heavy atom. The van der Waals surface area contributed by atoms with Crippen LogP contribution in [0.1, 0.15) is 27.7 Å². The molecule has 0 aliphatic carbocycles. The van der Waals surface area contributed by atoms with E-state index in [1.807, 2.05) is 16.8 Å². The number of aromatic nitrogens is 2. The van der Waals surface area contributed by atoms with Gasteiger partial charge < -0.3 is 20.0 Å². The van der Waals surface area contributed by atoms with Crippen molar-refractivity contribution < 1.29 is 10.2 Å². The molecule has 4 rings (SSSR count). The van der Waals surface area contributed by atoms with Crippen molar-refractivity contribution in [2.45, 2.75) is 34.2 Å². The molecule has 1 aromatic heterocycles. The van der Waals surface area contributed by atoms with Crippen LogP contribution in [0.3, 0.4) is 0 Å². The molecule has 0 aliphatic rings. The number of nitrogens with zero attached hydrogens (tertiary/aromatic N) is 4. The molecule has 8 heteroatoms. The van der Waals surface area contributed by atoms with Crippen LogP contribution in [-0.4, -0.2) is 75.6 Å². The highest BCUT2D eigenvalue weighted by Crippen LogP contribution is 2.41. The number of benzene rings is 3. The van der Waals surface area contributed by atoms with Crippen molar-refractivity contribution in [1.82, 2.24) is 19.6 Å². The number of hydrogen-bond acceptors (Lipinski definition) is 6. The molecule has 3 N–H and O–H groups in total. The van der Waals surface area contributed by atoms with Crippen molar-refractivity contribution in [1.29, 1.82) is 0 Å². The molecular formula is C26H35N5O3. The number of phenols is 2. The van der Waals surface area contributed by atoms with Gasteiger partial charge in [0.25, 0.3) is 0 Å². The Bertz CT molecular complexity index is 1410. The molecule has 0 radical (unpaired) electrons. The van der Waals surface area contributed by atoms with Crippen molar-refractivity contribution in [3.05, 3.63) is 39.8 Å². The second-order valence-corrected chi connectivity index (χ2v) is 8.61. The normalized spacial score (nSPS) is 12.9. The van der Waals surface area contributed by atoms with Crippen molar-refractivity contribution in [2.75, 3.05) is 45.8 Å². The van der Waals surface area contributed by atoms with E-state index in [9.17, 15) is 15.0 Å². The maximum absolute atomic E-state index is 12.9. The van der Waals surface area contributed by atoms with E-state index in [1.54, 1.807) is 0 Å². The fraction of sp³-hybridized carbons (Fsp3) is 0.462. The van der Waals surface area contributed by atoms with E-state index in [2.05, 4.69) is 42.6 Å². The van der Waals surface area contributed by atoms with Crippen LogP contribution in [0.25, 0.3) is 32.6 Å². The molecule has 0 atom stereocenters. The highest BCUT2D eigenvalue weighted by molar-refractivity contribution is 6.23. The summed E-state index contributed by atoms with van der Waals surface area (Å²) >= 11 is 0. The van der Waals surface area contributed by atoms with Gasteiger partial charge >= 0.3 is 0 Å². The van der Waals surface area contributed by atoms with Crippen LogP contribution in [0.2, 0.25) is 0 Å². The summed E-state index contributed by atoms with van der Waals surface area (Å²) in [6.45, 7) is 15.3. The number of aromatic amines is 1. The van der Waals surface area contributed by atoms with Crippen molar-refractivity contribution >= 4 is 32.6 Å². The van der Waals surface area contributed by atoms with Gasteiger partial charge in [0.2, 0.25) is 0 Å². The molecule has 0 saturated heterocycles. The summed E-state index contributed by atoms with van der Waals surface area (Å²) in [6, 6.07) is 6.61. The quantitative estimate of drug-likeness (QED) is 0.313. The van der Waals surface area contributed by atoms with Crippen LogP contribution in [0.4, 0.5) is 0 Å². The fourth-order valence-electron chi connectivity index (χ4n) is 4.86. The summed E-state index contributed by atoms with van der Waals surface area (Å²) in [5.41, 5.74) is 1.28. The predicted molar refractivity (Wildman–Crippen MR) is 138 cm³/mol. The third-order valence-electron chi connectivity index (χ3n) is 6.94. The van der Waals surface area contributed by atoms with Crippen molar-refractivity contribution in [3.8, 4) is 11.5 Å². The third-order valence-corrected chi connectivity index (χ3v) is 6.94. The Morgan fingerprint density at radius 1 is 0.853 bits per heavy atom. The van der Waals surface area contributed by atoms with Gasteiger partial charge in [-0.3, -0.25) is 19.6 Å². The first-order chi connectivity index (χ1) is 16.4. The average Bonchev–Trinajstić information content (AvgIpc) is 3.21. The van der Waals surface area contributed by atoms with Gasteiger partial charge in [0, 0.05) is 18.5 Å². The Hall–Kier alpha value is -3.10. The summed E-state index contributed by atoms with van der Waals surface area (Å²) in [4.78, 5) is 22.3. The second kappa shape index (κ2) is 10.0. The number of fused-ring (bicyclic) bond motifs is 2. The first kappa shape index (κ1) is 24.0. The lowest BCUT2D eigenvalue weighted by atomic mass is 9.99. The molecule has 0 spiro atoms. The first-order valence-electron chi connectivity index (χ1n) is 12.3. The van der Waals surface area contributed by atoms with E-state index >= 15 is 0 Å². The molecule has 0 aliphatic heterocycles. The van der Waals surface area contributed by atoms with Gasteiger partial charge in [-0.1, -0.05) is 27.7 Å². The molecule has 34 heavy (non-hydrogen) atoms. The minimum atomic E-state index is -0.243. The lowest BCUT2D eigenvalue weighted by Crippen LogP contribution is -2.27. The van der Waals surface area contributed by atoms with Gasteiger partial charge in [0.1, 0.15) is 11.5 Å². The lowest BCUT2D eigenvalue weighted by molar-refractivity contribution is 0.287. The predicted octanol–water partition coefficient (Wildman–Crippen LogP) is 3.07. The van der Waals surface area contributed by atoms with Gasteiger partial charge in [-0.25, -0.2) is 0 Å². The van der Waals surface area contributed by atoms with Crippen LogP contribution in [0.5, 0.6) is 11.5 Å². The number of H-pyrrole nitrogens is 1. The highest BCUT2D eigenvalue weighted by Gasteiger charge is 2.22. The smallest absolute Gasteiger partial charge is 0.189 e. The molecule has 0 amide bonds. The molecular weight excluding hydrogens is 430 g/mol. The van der Waals surface area contributed by atoms with Gasteiger partial charge in [0.05, 0.1) is 45.6 Å². The SMILES string of the molecule is CCN(CC)CCN=c1ccc2c3c1c(O)c1c(O)ccc(=O)c1c3[nH]n2CCN(CC)CC. The van der Waals surface area contributed by atoms with E-state index in [1.165, 1.54) is 12.1 Å². The van der Waals surface area contributed by atoms with Crippen LogP contribution in [0.15, 0.2) is 34.1 Å². The Balaban J connectivity index is 1.98. The maximum atomic E-state index is 12.9. The minimum Gasteiger partial charge on any atom is -0.507 e. The number of hydrogen-bond donors (Lipinski definition) is 3. The molecule has 0 bridgehead atoms. The Morgan fingerprint density at radius 2 is 1.53 bits per heavy atom. The summed E-state index contributed by atoms with van der Waals surface area (Å²) in [6.07, 6.45) is 0. The second-order valence-electron chi connectivity index (χ2n) is 8.61. The van der Waals surface area contributed by atoms with Gasteiger partial charge in [-0.2, -0.15) is 0 Å². The third kappa shape index (κ3) is 4.12. The van der Waals surface area contributed by atoms with E-state index in [0.717, 1.165) is 50.2 Å². The molecule has 0 saturated carbocycles. The summed E-state index contributed by atoms with van der Waals surface area (Å²) in [5, 5.41) is 27.8. The largest absolute Gasteiger partial charge is 0.507 e. The van der Waals surface area contributed by atoms with E-state index < -0.39 is 0 Å². The standard InChI is InChI=1S/C26H35N5O3/c1-5-29(6-2)14-13-27-17-9-10-18-22-21(17)26(34)24-20(33)12-11-19(32)23(24)25(22)28-31(18)16-15-30(7-3)8-4/h9-12,28,33-34H,5-8,13-16H2,1-4H3. The van der Waals surface area contributed by atoms with Crippen molar-refractivity contribution in [2.24, 2.45) is 4.99 Å². The number of phenolic OH excluding ortho intramolecular Hbond substituents is 2. The highest BCUT2D eigenvalue weighted by atomic mass is 16.3. The fourth-order valence-corrected chi connectivity index (χ4v) is 4.86. The number of likely N-dealkylation sites (N-methyl/N-ethyl adjacent to an activating group) is 2. The summed E-state index contributed by atoms with van der Waals surface area (Å²) in [7, 11) is 0. The number of aromatic hydroxyl groups is 2. The van der Waals surface area contributed by atoms with Crippen LogP contribution < -0.4 is 10.8 Å². The Labute approximate surface area is 199 Å². The zero-order chi connectivity index (χ0) is 24.4. The lowest BCUT2D eigenvalue weighted by Gasteiger charge is -2.18. The van der Waals surface area contributed by atoms with Crippen LogP contribution in [0, 0.1) is 0 Å². The van der Waals surface area contributed by atoms with E-state index in [0.29, 0.717) is 34.7 Å². The molecule has 4 aromatic rings. The monoisotopic (exact) mass is 465 g/mol.